The van der Waals surface area contributed by atoms with E-state index in [1.165, 1.54) is 6.07 Å². The number of rotatable bonds is 2. The Morgan fingerprint density at radius 1 is 1.44 bits per heavy atom. The van der Waals surface area contributed by atoms with Crippen molar-refractivity contribution in [2.24, 2.45) is 0 Å². The summed E-state index contributed by atoms with van der Waals surface area (Å²) < 4.78 is 24.4. The second kappa shape index (κ2) is 4.81. The molecule has 0 amide bonds. The highest BCUT2D eigenvalue weighted by Crippen LogP contribution is 2.35. The average Bonchev–Trinajstić information content (AvgIpc) is 2.29. The topological polar surface area (TPSA) is 49.4 Å². The van der Waals surface area contributed by atoms with Crippen molar-refractivity contribution in [3.63, 3.8) is 0 Å². The van der Waals surface area contributed by atoms with Gasteiger partial charge in [0.2, 0.25) is 0 Å². The van der Waals surface area contributed by atoms with Gasteiger partial charge in [0, 0.05) is 11.1 Å². The zero-order chi connectivity index (χ0) is 13.5. The van der Waals surface area contributed by atoms with Crippen LogP contribution in [0.5, 0.6) is 0 Å². The lowest BCUT2D eigenvalue weighted by Crippen LogP contribution is -2.51. The number of halogens is 1. The second-order valence-electron chi connectivity index (χ2n) is 4.70. The molecule has 1 aromatic rings. The quantitative estimate of drug-likeness (QED) is 0.910. The van der Waals surface area contributed by atoms with Crippen LogP contribution in [0, 0.1) is 0 Å². The number of hydrogen-bond acceptors (Lipinski definition) is 3. The molecule has 100 valence electrons. The lowest BCUT2D eigenvalue weighted by molar-refractivity contribution is 0.112. The molecule has 1 heterocycles. The van der Waals surface area contributed by atoms with Crippen LogP contribution in [0.4, 0.5) is 0 Å². The van der Waals surface area contributed by atoms with E-state index in [4.69, 9.17) is 11.6 Å². The fraction of sp³-hybridized carbons (Fsp3) is 0.500. The van der Waals surface area contributed by atoms with Crippen molar-refractivity contribution >= 4 is 21.6 Å². The number of nitrogens with one attached hydrogen (secondary N) is 1. The first-order chi connectivity index (χ1) is 8.36. The molecule has 0 fully saturated rings. The molecule has 0 saturated heterocycles. The summed E-state index contributed by atoms with van der Waals surface area (Å²) >= 11 is 5.89. The molecule has 1 aromatic carbocycles. The molecule has 1 aliphatic rings. The maximum Gasteiger partial charge on any atom is 0.253 e. The Morgan fingerprint density at radius 3 is 2.67 bits per heavy atom. The van der Waals surface area contributed by atoms with Crippen LogP contribution in [0.15, 0.2) is 23.1 Å². The predicted molar refractivity (Wildman–Crippen MR) is 71.8 cm³/mol. The first kappa shape index (κ1) is 13.8. The van der Waals surface area contributed by atoms with Crippen LogP contribution in [0.25, 0.3) is 0 Å². The maximum absolute atomic E-state index is 12.2. The minimum Gasteiger partial charge on any atom is -0.220 e. The molecule has 1 aliphatic heterocycles. The van der Waals surface area contributed by atoms with E-state index >= 15 is 0 Å². The minimum absolute atomic E-state index is 0.0424. The van der Waals surface area contributed by atoms with Gasteiger partial charge < -0.3 is 0 Å². The molecule has 0 bridgehead atoms. The number of fused-ring (bicyclic) bond motifs is 1. The first-order valence-electron chi connectivity index (χ1n) is 5.97. The van der Waals surface area contributed by atoms with Crippen LogP contribution in [0.2, 0.25) is 5.02 Å². The van der Waals surface area contributed by atoms with Crippen molar-refractivity contribution in [2.45, 2.75) is 44.2 Å². The van der Waals surface area contributed by atoms with Crippen molar-refractivity contribution < 1.29 is 8.42 Å². The summed E-state index contributed by atoms with van der Waals surface area (Å²) in [7, 11) is -3.51. The zero-order valence-electron chi connectivity index (χ0n) is 10.6. The number of benzene rings is 1. The Bertz CT molecular complexity index is 557. The van der Waals surface area contributed by atoms with Crippen LogP contribution in [0.3, 0.4) is 0 Å². The molecule has 1 unspecified atom stereocenters. The molecule has 0 saturated carbocycles. The Labute approximate surface area is 113 Å². The largest absolute Gasteiger partial charge is 0.253 e. The van der Waals surface area contributed by atoms with Gasteiger partial charge in [-0.15, -0.1) is 4.83 Å². The number of hydrazine groups is 1. The molecular formula is C12H17ClN2O2S. The van der Waals surface area contributed by atoms with Crippen LogP contribution >= 0.6 is 11.6 Å². The average molecular weight is 289 g/mol. The van der Waals surface area contributed by atoms with E-state index in [1.54, 1.807) is 17.1 Å². The SMILES string of the molecule is CCC1c2ccc(Cl)cc2S(=O)(=O)NN1C(C)C. The molecule has 0 spiro atoms. The highest BCUT2D eigenvalue weighted by Gasteiger charge is 2.36. The summed E-state index contributed by atoms with van der Waals surface area (Å²) in [6.07, 6.45) is 0.829. The van der Waals surface area contributed by atoms with Crippen molar-refractivity contribution in [3.8, 4) is 0 Å². The van der Waals surface area contributed by atoms with Gasteiger partial charge in [-0.3, -0.25) is 0 Å². The lowest BCUT2D eigenvalue weighted by Gasteiger charge is -2.39. The Hall–Kier alpha value is -0.620. The van der Waals surface area contributed by atoms with Crippen LogP contribution in [-0.2, 0) is 10.0 Å². The predicted octanol–water partition coefficient (Wildman–Crippen LogP) is 2.71. The zero-order valence-corrected chi connectivity index (χ0v) is 12.2. The highest BCUT2D eigenvalue weighted by atomic mass is 35.5. The van der Waals surface area contributed by atoms with E-state index in [0.717, 1.165) is 12.0 Å². The van der Waals surface area contributed by atoms with Crippen LogP contribution in [0.1, 0.15) is 38.8 Å². The van der Waals surface area contributed by atoms with E-state index in [-0.39, 0.29) is 12.1 Å². The summed E-state index contributed by atoms with van der Waals surface area (Å²) in [6, 6.07) is 5.19. The smallest absolute Gasteiger partial charge is 0.220 e. The van der Waals surface area contributed by atoms with E-state index in [1.807, 2.05) is 20.8 Å². The Morgan fingerprint density at radius 2 is 2.11 bits per heavy atom. The third-order valence-electron chi connectivity index (χ3n) is 3.13. The summed E-state index contributed by atoms with van der Waals surface area (Å²) in [5.74, 6) is 0. The number of nitrogens with zero attached hydrogens (tertiary/aromatic N) is 1. The molecule has 1 N–H and O–H groups in total. The van der Waals surface area contributed by atoms with E-state index in [0.29, 0.717) is 9.92 Å². The second-order valence-corrected chi connectivity index (χ2v) is 6.77. The molecule has 0 aromatic heterocycles. The Balaban J connectivity index is 2.63. The molecule has 0 radical (unpaired) electrons. The Kier molecular flexibility index (Phi) is 3.69. The summed E-state index contributed by atoms with van der Waals surface area (Å²) in [5, 5.41) is 2.22. The van der Waals surface area contributed by atoms with Gasteiger partial charge in [-0.05, 0) is 38.0 Å². The lowest BCUT2D eigenvalue weighted by atomic mass is 10.0. The minimum atomic E-state index is -3.51. The summed E-state index contributed by atoms with van der Waals surface area (Å²) in [4.78, 5) is 2.91. The third kappa shape index (κ3) is 2.28. The van der Waals surface area contributed by atoms with Crippen molar-refractivity contribution in [3.05, 3.63) is 28.8 Å². The molecule has 18 heavy (non-hydrogen) atoms. The van der Waals surface area contributed by atoms with Crippen LogP contribution < -0.4 is 4.83 Å². The number of hydrogen-bond donors (Lipinski definition) is 1. The molecule has 0 aliphatic carbocycles. The molecular weight excluding hydrogens is 272 g/mol. The highest BCUT2D eigenvalue weighted by molar-refractivity contribution is 7.89. The van der Waals surface area contributed by atoms with E-state index in [2.05, 4.69) is 4.83 Å². The first-order valence-corrected chi connectivity index (χ1v) is 7.83. The van der Waals surface area contributed by atoms with Gasteiger partial charge in [0.25, 0.3) is 10.0 Å². The maximum atomic E-state index is 12.2. The van der Waals surface area contributed by atoms with Gasteiger partial charge >= 0.3 is 0 Å². The van der Waals surface area contributed by atoms with E-state index < -0.39 is 10.0 Å². The molecule has 2 rings (SSSR count). The summed E-state index contributed by atoms with van der Waals surface area (Å²) in [5.41, 5.74) is 0.814. The van der Waals surface area contributed by atoms with Gasteiger partial charge in [-0.25, -0.2) is 13.4 Å². The summed E-state index contributed by atoms with van der Waals surface area (Å²) in [6.45, 7) is 5.97. The molecule has 1 atom stereocenters. The van der Waals surface area contributed by atoms with Crippen molar-refractivity contribution in [1.29, 1.82) is 0 Å². The van der Waals surface area contributed by atoms with Gasteiger partial charge in [-0.2, -0.15) is 0 Å². The van der Waals surface area contributed by atoms with Gasteiger partial charge in [-0.1, -0.05) is 24.6 Å². The van der Waals surface area contributed by atoms with Gasteiger partial charge in [0.1, 0.15) is 0 Å². The van der Waals surface area contributed by atoms with Crippen molar-refractivity contribution in [2.75, 3.05) is 0 Å². The molecule has 4 nitrogen and oxygen atoms in total. The van der Waals surface area contributed by atoms with Gasteiger partial charge in [0.05, 0.1) is 10.9 Å². The fourth-order valence-electron chi connectivity index (χ4n) is 2.30. The third-order valence-corrected chi connectivity index (χ3v) is 4.75. The fourth-order valence-corrected chi connectivity index (χ4v) is 4.05. The monoisotopic (exact) mass is 288 g/mol. The van der Waals surface area contributed by atoms with E-state index in [9.17, 15) is 8.42 Å². The normalized spacial score (nSPS) is 23.1. The van der Waals surface area contributed by atoms with Gasteiger partial charge in [0.15, 0.2) is 0 Å². The standard InChI is InChI=1S/C12H17ClN2O2S/c1-4-11-10-6-5-9(13)7-12(10)18(16,17)14-15(11)8(2)3/h5-8,11,14H,4H2,1-3H3. The van der Waals surface area contributed by atoms with Crippen LogP contribution in [-0.4, -0.2) is 19.5 Å². The number of sulfonamides is 1. The van der Waals surface area contributed by atoms with Crippen molar-refractivity contribution in [1.82, 2.24) is 9.84 Å². The molecule has 6 heteroatoms.